The van der Waals surface area contributed by atoms with Gasteiger partial charge in [-0.2, -0.15) is 5.26 Å². The summed E-state index contributed by atoms with van der Waals surface area (Å²) < 4.78 is 0. The molecule has 0 aliphatic rings. The molecule has 0 aliphatic heterocycles. The van der Waals surface area contributed by atoms with Crippen LogP contribution in [0.5, 0.6) is 5.75 Å². The van der Waals surface area contributed by atoms with Crippen LogP contribution in [0.4, 0.5) is 0 Å². The number of phenols is 1. The summed E-state index contributed by atoms with van der Waals surface area (Å²) in [6, 6.07) is 13.1. The standard InChI is InChI=1S/C17H17NOS/c1-12(2)9-16-7-8-17(20-16)10-14(11-18)13-3-5-15(19)6-4-13/h3-8,10,12,19H,9H2,1-2H3/b14-10+. The number of rotatable bonds is 4. The highest BCUT2D eigenvalue weighted by Crippen LogP contribution is 2.25. The van der Waals surface area contributed by atoms with Crippen LogP contribution >= 0.6 is 11.3 Å². The van der Waals surface area contributed by atoms with Crippen LogP contribution in [0, 0.1) is 17.2 Å². The third-order valence-electron chi connectivity index (χ3n) is 2.88. The molecule has 1 aromatic carbocycles. The summed E-state index contributed by atoms with van der Waals surface area (Å²) in [5.74, 6) is 0.847. The van der Waals surface area contributed by atoms with E-state index < -0.39 is 0 Å². The number of nitriles is 1. The second-order valence-corrected chi connectivity index (χ2v) is 6.32. The monoisotopic (exact) mass is 283 g/mol. The summed E-state index contributed by atoms with van der Waals surface area (Å²) >= 11 is 1.73. The molecule has 0 bridgehead atoms. The Hall–Kier alpha value is -2.05. The number of thiophene rings is 1. The van der Waals surface area contributed by atoms with Crippen molar-refractivity contribution in [3.05, 3.63) is 51.7 Å². The minimum absolute atomic E-state index is 0.210. The second-order valence-electron chi connectivity index (χ2n) is 5.12. The summed E-state index contributed by atoms with van der Waals surface area (Å²) in [6.45, 7) is 4.40. The highest BCUT2D eigenvalue weighted by atomic mass is 32.1. The molecule has 0 amide bonds. The summed E-state index contributed by atoms with van der Waals surface area (Å²) in [7, 11) is 0. The van der Waals surface area contributed by atoms with E-state index in [0.29, 0.717) is 11.5 Å². The van der Waals surface area contributed by atoms with Gasteiger partial charge in [-0.05, 0) is 60.4 Å². The maximum atomic E-state index is 9.29. The van der Waals surface area contributed by atoms with Gasteiger partial charge >= 0.3 is 0 Å². The molecule has 0 saturated carbocycles. The van der Waals surface area contributed by atoms with Crippen molar-refractivity contribution in [2.45, 2.75) is 20.3 Å². The Morgan fingerprint density at radius 3 is 2.55 bits per heavy atom. The maximum absolute atomic E-state index is 9.29. The number of hydrogen-bond donors (Lipinski definition) is 1. The number of allylic oxidation sites excluding steroid dienone is 1. The lowest BCUT2D eigenvalue weighted by molar-refractivity contribution is 0.475. The quantitative estimate of drug-likeness (QED) is 0.825. The van der Waals surface area contributed by atoms with Crippen LogP contribution in [0.3, 0.4) is 0 Å². The Balaban J connectivity index is 2.25. The van der Waals surface area contributed by atoms with Crippen molar-refractivity contribution in [2.24, 2.45) is 5.92 Å². The molecular formula is C17H17NOS. The molecule has 20 heavy (non-hydrogen) atoms. The molecule has 0 fully saturated rings. The zero-order chi connectivity index (χ0) is 14.5. The first-order valence-electron chi connectivity index (χ1n) is 6.58. The highest BCUT2D eigenvalue weighted by Gasteiger charge is 2.04. The minimum Gasteiger partial charge on any atom is -0.508 e. The summed E-state index contributed by atoms with van der Waals surface area (Å²) in [5.41, 5.74) is 1.44. The molecule has 0 aliphatic carbocycles. The minimum atomic E-state index is 0.210. The number of benzene rings is 1. The van der Waals surface area contributed by atoms with Gasteiger partial charge in [0.25, 0.3) is 0 Å². The SMILES string of the molecule is CC(C)Cc1ccc(/C=C(\C#N)c2ccc(O)cc2)s1. The summed E-state index contributed by atoms with van der Waals surface area (Å²) in [4.78, 5) is 2.43. The van der Waals surface area contributed by atoms with Crippen LogP contribution in [0.25, 0.3) is 11.6 Å². The largest absolute Gasteiger partial charge is 0.508 e. The van der Waals surface area contributed by atoms with Crippen molar-refractivity contribution in [1.82, 2.24) is 0 Å². The Kier molecular flexibility index (Phi) is 4.60. The van der Waals surface area contributed by atoms with Gasteiger partial charge in [0.1, 0.15) is 5.75 Å². The maximum Gasteiger partial charge on any atom is 0.115 e. The Morgan fingerprint density at radius 2 is 1.95 bits per heavy atom. The van der Waals surface area contributed by atoms with E-state index >= 15 is 0 Å². The fourth-order valence-corrected chi connectivity index (χ4v) is 3.12. The van der Waals surface area contributed by atoms with E-state index in [2.05, 4.69) is 32.0 Å². The van der Waals surface area contributed by atoms with Crippen LogP contribution in [0.2, 0.25) is 0 Å². The molecule has 0 unspecified atom stereocenters. The van der Waals surface area contributed by atoms with Crippen LogP contribution < -0.4 is 0 Å². The van der Waals surface area contributed by atoms with E-state index in [0.717, 1.165) is 16.9 Å². The van der Waals surface area contributed by atoms with E-state index in [1.165, 1.54) is 4.88 Å². The van der Waals surface area contributed by atoms with Gasteiger partial charge in [0.2, 0.25) is 0 Å². The lowest BCUT2D eigenvalue weighted by Gasteiger charge is -2.00. The molecule has 0 spiro atoms. The number of phenolic OH excluding ortho intramolecular Hbond substituents is 1. The van der Waals surface area contributed by atoms with Crippen LogP contribution in [-0.4, -0.2) is 5.11 Å². The number of hydrogen-bond acceptors (Lipinski definition) is 3. The lowest BCUT2D eigenvalue weighted by Crippen LogP contribution is -1.89. The molecule has 2 aromatic rings. The van der Waals surface area contributed by atoms with Crippen molar-refractivity contribution >= 4 is 23.0 Å². The predicted molar refractivity (Wildman–Crippen MR) is 84.5 cm³/mol. The first-order valence-corrected chi connectivity index (χ1v) is 7.40. The second kappa shape index (κ2) is 6.40. The van der Waals surface area contributed by atoms with Gasteiger partial charge in [-0.1, -0.05) is 13.8 Å². The van der Waals surface area contributed by atoms with E-state index in [1.54, 1.807) is 35.6 Å². The molecule has 1 aromatic heterocycles. The van der Waals surface area contributed by atoms with Crippen molar-refractivity contribution in [2.75, 3.05) is 0 Å². The third kappa shape index (κ3) is 3.72. The summed E-state index contributed by atoms with van der Waals surface area (Å²) in [5, 5.41) is 18.6. The normalized spacial score (nSPS) is 11.6. The Bertz CT molecular complexity index is 644. The molecule has 0 saturated heterocycles. The van der Waals surface area contributed by atoms with Gasteiger partial charge in [-0.25, -0.2) is 0 Å². The molecule has 1 heterocycles. The third-order valence-corrected chi connectivity index (χ3v) is 3.93. The molecular weight excluding hydrogens is 266 g/mol. The van der Waals surface area contributed by atoms with Crippen LogP contribution in [0.15, 0.2) is 36.4 Å². The van der Waals surface area contributed by atoms with E-state index in [4.69, 9.17) is 0 Å². The Morgan fingerprint density at radius 1 is 1.25 bits per heavy atom. The fraction of sp³-hybridized carbons (Fsp3) is 0.235. The molecule has 0 atom stereocenters. The van der Waals surface area contributed by atoms with Gasteiger partial charge < -0.3 is 5.11 Å². The molecule has 2 rings (SSSR count). The fourth-order valence-electron chi connectivity index (χ4n) is 1.95. The predicted octanol–water partition coefficient (Wildman–Crippen LogP) is 4.72. The van der Waals surface area contributed by atoms with Crippen molar-refractivity contribution in [3.63, 3.8) is 0 Å². The van der Waals surface area contributed by atoms with Crippen LogP contribution in [-0.2, 0) is 6.42 Å². The molecule has 1 N–H and O–H groups in total. The first kappa shape index (κ1) is 14.4. The molecule has 3 heteroatoms. The van der Waals surface area contributed by atoms with Gasteiger partial charge in [0, 0.05) is 9.75 Å². The summed E-state index contributed by atoms with van der Waals surface area (Å²) in [6.07, 6.45) is 2.97. The van der Waals surface area contributed by atoms with E-state index in [-0.39, 0.29) is 5.75 Å². The zero-order valence-electron chi connectivity index (χ0n) is 11.6. The first-order chi connectivity index (χ1) is 9.58. The van der Waals surface area contributed by atoms with Crippen molar-refractivity contribution in [1.29, 1.82) is 5.26 Å². The Labute approximate surface area is 123 Å². The molecule has 2 nitrogen and oxygen atoms in total. The lowest BCUT2D eigenvalue weighted by atomic mass is 10.1. The van der Waals surface area contributed by atoms with E-state index in [9.17, 15) is 10.4 Å². The number of aromatic hydroxyl groups is 1. The average Bonchev–Trinajstić information content (AvgIpc) is 2.83. The van der Waals surface area contributed by atoms with E-state index in [1.807, 2.05) is 6.08 Å². The highest BCUT2D eigenvalue weighted by molar-refractivity contribution is 7.12. The number of nitrogens with zero attached hydrogens (tertiary/aromatic N) is 1. The zero-order valence-corrected chi connectivity index (χ0v) is 12.4. The van der Waals surface area contributed by atoms with Gasteiger partial charge in [-0.15, -0.1) is 11.3 Å². The van der Waals surface area contributed by atoms with Gasteiger partial charge in [-0.3, -0.25) is 0 Å². The van der Waals surface area contributed by atoms with Gasteiger partial charge in [0.05, 0.1) is 11.6 Å². The average molecular weight is 283 g/mol. The molecule has 0 radical (unpaired) electrons. The van der Waals surface area contributed by atoms with Crippen molar-refractivity contribution in [3.8, 4) is 11.8 Å². The van der Waals surface area contributed by atoms with Gasteiger partial charge in [0.15, 0.2) is 0 Å². The topological polar surface area (TPSA) is 44.0 Å². The van der Waals surface area contributed by atoms with Crippen molar-refractivity contribution < 1.29 is 5.11 Å². The van der Waals surface area contributed by atoms with Crippen LogP contribution in [0.1, 0.15) is 29.2 Å². The molecule has 102 valence electrons. The smallest absolute Gasteiger partial charge is 0.115 e.